The Morgan fingerprint density at radius 3 is 1.35 bits per heavy atom. The predicted octanol–water partition coefficient (Wildman–Crippen LogP) is 11.1. The first-order valence-electron chi connectivity index (χ1n) is 13.5. The van der Waals surface area contributed by atoms with E-state index in [-0.39, 0.29) is 0 Å². The van der Waals surface area contributed by atoms with E-state index in [4.69, 9.17) is 0 Å². The summed E-state index contributed by atoms with van der Waals surface area (Å²) in [7, 11) is 0. The Morgan fingerprint density at radius 2 is 0.968 bits per heavy atom. The summed E-state index contributed by atoms with van der Waals surface area (Å²) in [6.07, 6.45) is 19.7. The van der Waals surface area contributed by atoms with Crippen LogP contribution in [0.25, 0.3) is 0 Å². The monoisotopic (exact) mass is 443 g/mol. The summed E-state index contributed by atoms with van der Waals surface area (Å²) < 4.78 is 0. The molecule has 0 bridgehead atoms. The maximum Gasteiger partial charge on any atom is 0.134 e. The van der Waals surface area contributed by atoms with Gasteiger partial charge in [-0.3, -0.25) is 0 Å². The van der Waals surface area contributed by atoms with E-state index in [1.165, 1.54) is 100 Å². The predicted molar refractivity (Wildman–Crippen MR) is 149 cm³/mol. The second-order valence-corrected chi connectivity index (χ2v) is 17.0. The molecule has 0 saturated carbocycles. The van der Waals surface area contributed by atoms with Crippen molar-refractivity contribution in [1.29, 1.82) is 0 Å². The summed E-state index contributed by atoms with van der Waals surface area (Å²) in [5, 5.41) is 6.31. The van der Waals surface area contributed by atoms with Crippen molar-refractivity contribution < 1.29 is 0 Å². The topological polar surface area (TPSA) is 0 Å². The number of hydrogen-bond donors (Lipinski definition) is 0. The Hall–Kier alpha value is -0.508. The minimum absolute atomic E-state index is 0.674. The third kappa shape index (κ3) is 18.7. The smallest absolute Gasteiger partial charge is 0.134 e. The van der Waals surface area contributed by atoms with E-state index >= 15 is 0 Å². The molecule has 180 valence electrons. The average molecular weight is 444 g/mol. The van der Waals surface area contributed by atoms with Gasteiger partial charge < -0.3 is 0 Å². The van der Waals surface area contributed by atoms with Crippen LogP contribution in [0.15, 0.2) is 49.1 Å². The number of allylic oxidation sites excluding steroid dienone is 4. The first kappa shape index (κ1) is 30.5. The van der Waals surface area contributed by atoms with Crippen molar-refractivity contribution in [2.45, 2.75) is 132 Å². The van der Waals surface area contributed by atoms with Gasteiger partial charge in [0, 0.05) is 0 Å². The molecule has 0 heterocycles. The van der Waals surface area contributed by atoms with Gasteiger partial charge in [-0.1, -0.05) is 81.1 Å². The van der Waals surface area contributed by atoms with Crippen molar-refractivity contribution in [3.63, 3.8) is 0 Å². The van der Waals surface area contributed by atoms with Gasteiger partial charge >= 0.3 is 0 Å². The zero-order chi connectivity index (χ0) is 23.5. The summed E-state index contributed by atoms with van der Waals surface area (Å²) in [6.45, 7) is 25.2. The highest BCUT2D eigenvalue weighted by Crippen LogP contribution is 2.35. The van der Waals surface area contributed by atoms with Crippen LogP contribution in [0.3, 0.4) is 0 Å². The van der Waals surface area contributed by atoms with Crippen molar-refractivity contribution in [3.8, 4) is 0 Å². The average Bonchev–Trinajstić information content (AvgIpc) is 2.70. The maximum absolute atomic E-state index is 4.13. The van der Waals surface area contributed by atoms with Crippen LogP contribution >= 0.6 is 0 Å². The Kier molecular flexibility index (Phi) is 18.7. The lowest BCUT2D eigenvalue weighted by atomic mass is 10.1. The third-order valence-corrected chi connectivity index (χ3v) is 13.9. The van der Waals surface area contributed by atoms with Crippen LogP contribution in [0.2, 0.25) is 21.1 Å². The van der Waals surface area contributed by atoms with Crippen LogP contribution < -0.4 is 0 Å². The Labute approximate surface area is 200 Å². The highest BCUT2D eigenvalue weighted by Gasteiger charge is 2.27. The molecular formula is C30H56Al-. The van der Waals surface area contributed by atoms with E-state index < -0.39 is 13.1 Å². The molecule has 0 aromatic heterocycles. The van der Waals surface area contributed by atoms with Crippen molar-refractivity contribution >= 4 is 13.1 Å². The first-order valence-corrected chi connectivity index (χ1v) is 16.7. The molecule has 1 unspecified atom stereocenters. The molecule has 0 fully saturated rings. The summed E-state index contributed by atoms with van der Waals surface area (Å²) in [4.78, 5) is 0. The van der Waals surface area contributed by atoms with Crippen molar-refractivity contribution in [1.82, 2.24) is 0 Å². The molecule has 0 rings (SSSR count). The van der Waals surface area contributed by atoms with Crippen LogP contribution in [0.4, 0.5) is 0 Å². The van der Waals surface area contributed by atoms with Gasteiger partial charge in [0.2, 0.25) is 0 Å². The largest absolute Gasteiger partial charge is 0.191 e. The van der Waals surface area contributed by atoms with Crippen molar-refractivity contribution in [2.75, 3.05) is 0 Å². The lowest BCUT2D eigenvalue weighted by molar-refractivity contribution is 0.593. The van der Waals surface area contributed by atoms with E-state index in [9.17, 15) is 0 Å². The molecule has 0 aliphatic heterocycles. The number of unbranched alkanes of at least 4 members (excludes halogenated alkanes) is 5. The number of rotatable bonds is 22. The van der Waals surface area contributed by atoms with Gasteiger partial charge in [0.05, 0.1) is 0 Å². The molecule has 0 aliphatic rings. The zero-order valence-electron chi connectivity index (χ0n) is 22.1. The zero-order valence-corrected chi connectivity index (χ0v) is 23.2. The SMILES string of the molecule is C=CC(C)CCC[CH2][Al-]([CH2]CCCCC(=C)C)([CH2]CCCC(=C)C)[CH2]CCCC(=C)C. The fourth-order valence-corrected chi connectivity index (χ4v) is 11.6. The van der Waals surface area contributed by atoms with E-state index in [0.717, 1.165) is 0 Å². The van der Waals surface area contributed by atoms with E-state index in [1.54, 1.807) is 21.1 Å². The molecule has 0 aromatic carbocycles. The van der Waals surface area contributed by atoms with Gasteiger partial charge in [-0.2, -0.15) is 21.1 Å². The van der Waals surface area contributed by atoms with Crippen LogP contribution in [-0.2, 0) is 0 Å². The molecule has 0 N–H and O–H groups in total. The fourth-order valence-electron chi connectivity index (χ4n) is 5.22. The Morgan fingerprint density at radius 1 is 0.613 bits per heavy atom. The first-order chi connectivity index (χ1) is 14.7. The van der Waals surface area contributed by atoms with Gasteiger partial charge in [0.1, 0.15) is 13.1 Å². The normalized spacial score (nSPS) is 12.5. The van der Waals surface area contributed by atoms with Crippen LogP contribution in [-0.4, -0.2) is 13.1 Å². The molecule has 0 saturated heterocycles. The summed E-state index contributed by atoms with van der Waals surface area (Å²) >= 11 is -1.56. The summed E-state index contributed by atoms with van der Waals surface area (Å²) in [6, 6.07) is 0. The van der Waals surface area contributed by atoms with E-state index in [2.05, 4.69) is 60.1 Å². The molecule has 1 atom stereocenters. The van der Waals surface area contributed by atoms with Gasteiger partial charge in [0.25, 0.3) is 0 Å². The molecule has 0 aromatic rings. The second kappa shape index (κ2) is 19.0. The minimum atomic E-state index is -1.56. The molecule has 0 aliphatic carbocycles. The van der Waals surface area contributed by atoms with Gasteiger partial charge in [-0.05, 0) is 58.8 Å². The number of hydrogen-bond acceptors (Lipinski definition) is 0. The molecule has 0 spiro atoms. The molecule has 31 heavy (non-hydrogen) atoms. The third-order valence-electron chi connectivity index (χ3n) is 7.39. The minimum Gasteiger partial charge on any atom is -0.191 e. The molecule has 0 amide bonds. The Bertz CT molecular complexity index is 491. The van der Waals surface area contributed by atoms with E-state index in [1.807, 2.05) is 0 Å². The maximum atomic E-state index is 4.13. The highest BCUT2D eigenvalue weighted by molar-refractivity contribution is 6.79. The molecule has 0 radical (unpaired) electrons. The van der Waals surface area contributed by atoms with Gasteiger partial charge in [-0.25, -0.2) is 0 Å². The van der Waals surface area contributed by atoms with Crippen molar-refractivity contribution in [3.05, 3.63) is 49.1 Å². The quantitative estimate of drug-likeness (QED) is 0.0886. The standard InChI is InChI=1S/2C8H15.2C7H13.Al/c1-4-5-6-7-8(2)3;1-4-6-7-8(3)5-2;2*1-4-5-6-7(2)3;/h1-2,4-7H2,3H3;5,8H,1-2,4,6-7H2,3H3;2*1-2,4-6H2,3H3;/q;;;;-1. The van der Waals surface area contributed by atoms with Gasteiger partial charge in [-0.15, -0.1) is 26.3 Å². The Balaban J connectivity index is 4.96. The van der Waals surface area contributed by atoms with Crippen molar-refractivity contribution in [2.24, 2.45) is 5.92 Å². The van der Waals surface area contributed by atoms with Crippen LogP contribution in [0.5, 0.6) is 0 Å². The van der Waals surface area contributed by atoms with E-state index in [0.29, 0.717) is 5.92 Å². The fraction of sp³-hybridized carbons (Fsp3) is 0.733. The highest BCUT2D eigenvalue weighted by atomic mass is 27.2. The van der Waals surface area contributed by atoms with Crippen LogP contribution in [0, 0.1) is 5.92 Å². The lowest BCUT2D eigenvalue weighted by Gasteiger charge is -2.37. The van der Waals surface area contributed by atoms with Crippen LogP contribution in [0.1, 0.15) is 111 Å². The summed E-state index contributed by atoms with van der Waals surface area (Å²) in [5.41, 5.74) is 4.06. The molecular weight excluding hydrogens is 387 g/mol. The molecule has 0 nitrogen and oxygen atoms in total. The van der Waals surface area contributed by atoms with Gasteiger partial charge in [0.15, 0.2) is 0 Å². The lowest BCUT2D eigenvalue weighted by Crippen LogP contribution is -2.34. The summed E-state index contributed by atoms with van der Waals surface area (Å²) in [5.74, 6) is 0.674. The molecule has 1 heteroatoms. The second-order valence-electron chi connectivity index (χ2n) is 11.2.